The first-order chi connectivity index (χ1) is 12.3. The zero-order valence-corrected chi connectivity index (χ0v) is 14.2. The van der Waals surface area contributed by atoms with Gasteiger partial charge in [0.05, 0.1) is 11.9 Å². The van der Waals surface area contributed by atoms with Crippen LogP contribution < -0.4 is 5.32 Å². The van der Waals surface area contributed by atoms with Crippen molar-refractivity contribution < 1.29 is 5.11 Å². The van der Waals surface area contributed by atoms with Crippen molar-refractivity contribution in [2.75, 3.05) is 6.54 Å². The van der Waals surface area contributed by atoms with Gasteiger partial charge in [0.15, 0.2) is 0 Å². The molecule has 1 atom stereocenters. The number of hydrogen-bond acceptors (Lipinski definition) is 3. The first-order valence-corrected chi connectivity index (χ1v) is 8.85. The van der Waals surface area contributed by atoms with Crippen LogP contribution in [0.5, 0.6) is 0 Å². The van der Waals surface area contributed by atoms with Gasteiger partial charge in [-0.3, -0.25) is 5.10 Å². The van der Waals surface area contributed by atoms with Crippen molar-refractivity contribution in [3.63, 3.8) is 0 Å². The lowest BCUT2D eigenvalue weighted by Crippen LogP contribution is -2.40. The Hall–Kier alpha value is -2.43. The molecule has 4 heteroatoms. The Balaban J connectivity index is 1.47. The number of aromatic nitrogens is 2. The summed E-state index contributed by atoms with van der Waals surface area (Å²) < 4.78 is 0. The average Bonchev–Trinajstić information content (AvgIpc) is 3.11. The number of aliphatic hydroxyl groups is 1. The predicted molar refractivity (Wildman–Crippen MR) is 99.0 cm³/mol. The zero-order valence-electron chi connectivity index (χ0n) is 14.2. The summed E-state index contributed by atoms with van der Waals surface area (Å²) in [5, 5.41) is 21.9. The van der Waals surface area contributed by atoms with E-state index in [1.807, 2.05) is 30.5 Å². The Labute approximate surface area is 147 Å². The first kappa shape index (κ1) is 16.1. The molecule has 0 amide bonds. The van der Waals surface area contributed by atoms with E-state index in [2.05, 4.69) is 45.8 Å². The van der Waals surface area contributed by atoms with E-state index in [1.165, 1.54) is 5.56 Å². The molecule has 0 saturated carbocycles. The molecule has 128 valence electrons. The van der Waals surface area contributed by atoms with Gasteiger partial charge in [0.1, 0.15) is 5.60 Å². The maximum atomic E-state index is 11.2. The second-order valence-electron chi connectivity index (χ2n) is 6.78. The van der Waals surface area contributed by atoms with Gasteiger partial charge in [-0.25, -0.2) is 0 Å². The Morgan fingerprint density at radius 2 is 1.88 bits per heavy atom. The second kappa shape index (κ2) is 6.82. The van der Waals surface area contributed by atoms with Gasteiger partial charge >= 0.3 is 0 Å². The summed E-state index contributed by atoms with van der Waals surface area (Å²) in [5.74, 6) is 0. The number of nitrogens with zero attached hydrogens (tertiary/aromatic N) is 1. The lowest BCUT2D eigenvalue weighted by molar-refractivity contribution is 0.0189. The summed E-state index contributed by atoms with van der Waals surface area (Å²) in [4.78, 5) is 0. The van der Waals surface area contributed by atoms with Crippen LogP contribution in [0.1, 0.15) is 29.5 Å². The molecule has 0 saturated heterocycles. The maximum absolute atomic E-state index is 11.2. The summed E-state index contributed by atoms with van der Waals surface area (Å²) in [6.45, 7) is 1.22. The minimum absolute atomic E-state index is 0.545. The highest BCUT2D eigenvalue weighted by atomic mass is 16.3. The van der Waals surface area contributed by atoms with Crippen molar-refractivity contribution in [3.8, 4) is 11.3 Å². The molecule has 0 bridgehead atoms. The van der Waals surface area contributed by atoms with Crippen LogP contribution in [0.3, 0.4) is 0 Å². The molecule has 0 radical (unpaired) electrons. The van der Waals surface area contributed by atoms with Gasteiger partial charge in [0.25, 0.3) is 0 Å². The molecule has 4 nitrogen and oxygen atoms in total. The summed E-state index contributed by atoms with van der Waals surface area (Å²) in [7, 11) is 0. The van der Waals surface area contributed by atoms with Crippen LogP contribution in [-0.4, -0.2) is 21.8 Å². The molecule has 1 heterocycles. The van der Waals surface area contributed by atoms with Crippen molar-refractivity contribution in [2.45, 2.75) is 31.4 Å². The monoisotopic (exact) mass is 333 g/mol. The Kier molecular flexibility index (Phi) is 4.38. The number of H-pyrrole nitrogens is 1. The molecule has 1 unspecified atom stereocenters. The third-order valence-corrected chi connectivity index (χ3v) is 5.07. The zero-order chi connectivity index (χ0) is 17.1. The number of benzene rings is 2. The summed E-state index contributed by atoms with van der Waals surface area (Å²) in [5.41, 5.74) is 4.82. The predicted octanol–water partition coefficient (Wildman–Crippen LogP) is 3.39. The van der Waals surface area contributed by atoms with Crippen molar-refractivity contribution in [1.29, 1.82) is 0 Å². The average molecular weight is 333 g/mol. The Bertz CT molecular complexity index is 843. The van der Waals surface area contributed by atoms with Crippen molar-refractivity contribution in [2.24, 2.45) is 0 Å². The maximum Gasteiger partial charge on any atom is 0.102 e. The fourth-order valence-electron chi connectivity index (χ4n) is 3.79. The van der Waals surface area contributed by atoms with Crippen molar-refractivity contribution in [3.05, 3.63) is 77.5 Å². The minimum Gasteiger partial charge on any atom is -0.384 e. The quantitative estimate of drug-likeness (QED) is 0.671. The van der Waals surface area contributed by atoms with Crippen LogP contribution in [0.4, 0.5) is 0 Å². The van der Waals surface area contributed by atoms with E-state index in [4.69, 9.17) is 0 Å². The van der Waals surface area contributed by atoms with Crippen LogP contribution in [0.15, 0.2) is 60.8 Å². The third kappa shape index (κ3) is 3.23. The third-order valence-electron chi connectivity index (χ3n) is 5.07. The molecule has 0 fully saturated rings. The van der Waals surface area contributed by atoms with Gasteiger partial charge in [-0.15, -0.1) is 0 Å². The highest BCUT2D eigenvalue weighted by Gasteiger charge is 2.33. The Morgan fingerprint density at radius 1 is 1.08 bits per heavy atom. The van der Waals surface area contributed by atoms with Crippen LogP contribution in [0, 0.1) is 0 Å². The number of rotatable bonds is 5. The van der Waals surface area contributed by atoms with Crippen LogP contribution in [-0.2, 0) is 18.6 Å². The van der Waals surface area contributed by atoms with E-state index >= 15 is 0 Å². The number of fused-ring (bicyclic) bond motifs is 1. The number of hydrogen-bond donors (Lipinski definition) is 3. The SMILES string of the molecule is OC1(CNCc2cn[nH]c2-c2ccccc2)CCCc2ccccc21. The second-order valence-corrected chi connectivity index (χ2v) is 6.78. The van der Waals surface area contributed by atoms with Crippen LogP contribution in [0.2, 0.25) is 0 Å². The fourth-order valence-corrected chi connectivity index (χ4v) is 3.79. The molecular formula is C21H23N3O. The molecule has 1 aliphatic carbocycles. The number of nitrogens with one attached hydrogen (secondary N) is 2. The van der Waals surface area contributed by atoms with Crippen LogP contribution >= 0.6 is 0 Å². The number of aromatic amines is 1. The van der Waals surface area contributed by atoms with Gasteiger partial charge in [-0.1, -0.05) is 54.6 Å². The van der Waals surface area contributed by atoms with E-state index in [1.54, 1.807) is 0 Å². The number of aryl methyl sites for hydroxylation is 1. The fraction of sp³-hybridized carbons (Fsp3) is 0.286. The molecule has 2 aromatic carbocycles. The van der Waals surface area contributed by atoms with Gasteiger partial charge in [-0.05, 0) is 36.0 Å². The van der Waals surface area contributed by atoms with Gasteiger partial charge in [0, 0.05) is 18.7 Å². The summed E-state index contributed by atoms with van der Waals surface area (Å²) in [6, 6.07) is 18.4. The molecular weight excluding hydrogens is 310 g/mol. The van der Waals surface area contributed by atoms with Gasteiger partial charge in [-0.2, -0.15) is 5.10 Å². The topological polar surface area (TPSA) is 60.9 Å². The van der Waals surface area contributed by atoms with Crippen molar-refractivity contribution in [1.82, 2.24) is 15.5 Å². The van der Waals surface area contributed by atoms with Gasteiger partial charge < -0.3 is 10.4 Å². The summed E-state index contributed by atoms with van der Waals surface area (Å²) in [6.07, 6.45) is 4.73. The van der Waals surface area contributed by atoms with Gasteiger partial charge in [0.2, 0.25) is 0 Å². The van der Waals surface area contributed by atoms with E-state index in [-0.39, 0.29) is 0 Å². The van der Waals surface area contributed by atoms with Crippen LogP contribution in [0.25, 0.3) is 11.3 Å². The Morgan fingerprint density at radius 3 is 2.76 bits per heavy atom. The van der Waals surface area contributed by atoms with E-state index in [0.29, 0.717) is 13.1 Å². The molecule has 0 spiro atoms. The molecule has 1 aliphatic rings. The summed E-state index contributed by atoms with van der Waals surface area (Å²) >= 11 is 0. The molecule has 3 aromatic rings. The molecule has 0 aliphatic heterocycles. The molecule has 1 aromatic heterocycles. The standard InChI is InChI=1S/C21H23N3O/c25-21(12-6-10-16-7-4-5-11-19(16)21)15-22-13-18-14-23-24-20(18)17-8-2-1-3-9-17/h1-5,7-9,11,14,22,25H,6,10,12-13,15H2,(H,23,24). The van der Waals surface area contributed by atoms with E-state index in [0.717, 1.165) is 41.6 Å². The molecule has 25 heavy (non-hydrogen) atoms. The van der Waals surface area contributed by atoms with E-state index in [9.17, 15) is 5.11 Å². The largest absolute Gasteiger partial charge is 0.384 e. The smallest absolute Gasteiger partial charge is 0.102 e. The van der Waals surface area contributed by atoms with Crippen molar-refractivity contribution >= 4 is 0 Å². The molecule has 3 N–H and O–H groups in total. The molecule has 4 rings (SSSR count). The minimum atomic E-state index is -0.786. The normalized spacial score (nSPS) is 19.6. The lowest BCUT2D eigenvalue weighted by Gasteiger charge is -2.34. The van der Waals surface area contributed by atoms with E-state index < -0.39 is 5.60 Å². The lowest BCUT2D eigenvalue weighted by atomic mass is 9.79. The first-order valence-electron chi connectivity index (χ1n) is 8.85. The highest BCUT2D eigenvalue weighted by molar-refractivity contribution is 5.62. The highest BCUT2D eigenvalue weighted by Crippen LogP contribution is 2.34.